The molecule has 1 N–H and O–H groups in total. The smallest absolute Gasteiger partial charge is 0.231 e. The third kappa shape index (κ3) is 3.08. The third-order valence-corrected chi connectivity index (χ3v) is 2.58. The zero-order valence-electron chi connectivity index (χ0n) is 10.6. The number of hydrogen-bond donors (Lipinski definition) is 1. The summed E-state index contributed by atoms with van der Waals surface area (Å²) in [5.74, 6) is 0.387. The highest BCUT2D eigenvalue weighted by molar-refractivity contribution is 5.90. The van der Waals surface area contributed by atoms with Crippen LogP contribution in [0.2, 0.25) is 0 Å². The summed E-state index contributed by atoms with van der Waals surface area (Å²) in [6, 6.07) is 1.78. The van der Waals surface area contributed by atoms with E-state index >= 15 is 0 Å². The summed E-state index contributed by atoms with van der Waals surface area (Å²) in [4.78, 5) is 11.6. The van der Waals surface area contributed by atoms with E-state index in [-0.39, 0.29) is 17.2 Å². The molecule has 0 aromatic carbocycles. The maximum Gasteiger partial charge on any atom is 0.231 e. The maximum absolute atomic E-state index is 11.6. The van der Waals surface area contributed by atoms with Crippen molar-refractivity contribution in [2.24, 2.45) is 5.92 Å². The van der Waals surface area contributed by atoms with Crippen molar-refractivity contribution in [1.29, 1.82) is 0 Å². The molecule has 90 valence electrons. The molecule has 1 heterocycles. The Kier molecular flexibility index (Phi) is 3.73. The molecule has 0 saturated carbocycles. The SMILES string of the molecule is CCC(C)C(=O)Nc1cc(C(C)(C)C)no1. The zero-order valence-corrected chi connectivity index (χ0v) is 10.6. The van der Waals surface area contributed by atoms with E-state index in [9.17, 15) is 4.79 Å². The Balaban J connectivity index is 2.70. The van der Waals surface area contributed by atoms with Gasteiger partial charge >= 0.3 is 0 Å². The van der Waals surface area contributed by atoms with E-state index in [0.717, 1.165) is 12.1 Å². The van der Waals surface area contributed by atoms with Gasteiger partial charge in [0.2, 0.25) is 11.8 Å². The normalized spacial score (nSPS) is 13.6. The quantitative estimate of drug-likeness (QED) is 0.858. The van der Waals surface area contributed by atoms with E-state index in [4.69, 9.17) is 4.52 Å². The van der Waals surface area contributed by atoms with Gasteiger partial charge < -0.3 is 4.52 Å². The summed E-state index contributed by atoms with van der Waals surface area (Å²) >= 11 is 0. The number of amides is 1. The molecule has 1 rings (SSSR count). The third-order valence-electron chi connectivity index (χ3n) is 2.58. The molecule has 1 aromatic rings. The molecule has 1 amide bonds. The number of carbonyl (C=O) groups excluding carboxylic acids is 1. The van der Waals surface area contributed by atoms with E-state index < -0.39 is 0 Å². The van der Waals surface area contributed by atoms with Crippen molar-refractivity contribution in [3.8, 4) is 0 Å². The van der Waals surface area contributed by atoms with Crippen LogP contribution in [0, 0.1) is 5.92 Å². The van der Waals surface area contributed by atoms with Crippen LogP contribution in [0.25, 0.3) is 0 Å². The molecule has 1 unspecified atom stereocenters. The molecule has 0 bridgehead atoms. The zero-order chi connectivity index (χ0) is 12.3. The minimum absolute atomic E-state index is 0.0109. The number of rotatable bonds is 3. The fourth-order valence-corrected chi connectivity index (χ4v) is 1.12. The largest absolute Gasteiger partial charge is 0.338 e. The highest BCUT2D eigenvalue weighted by Crippen LogP contribution is 2.23. The van der Waals surface area contributed by atoms with Gasteiger partial charge in [0.15, 0.2) is 0 Å². The number of anilines is 1. The minimum Gasteiger partial charge on any atom is -0.338 e. The molecule has 4 heteroatoms. The minimum atomic E-state index is -0.0666. The van der Waals surface area contributed by atoms with E-state index in [1.807, 2.05) is 34.6 Å². The van der Waals surface area contributed by atoms with Crippen molar-refractivity contribution < 1.29 is 9.32 Å². The number of nitrogens with one attached hydrogen (secondary N) is 1. The summed E-state index contributed by atoms with van der Waals surface area (Å²) in [6.45, 7) is 10.0. The molecule has 0 saturated heterocycles. The Bertz CT molecular complexity index is 363. The first-order valence-electron chi connectivity index (χ1n) is 5.62. The van der Waals surface area contributed by atoms with Gasteiger partial charge in [0.25, 0.3) is 0 Å². The van der Waals surface area contributed by atoms with Gasteiger partial charge in [-0.1, -0.05) is 39.8 Å². The van der Waals surface area contributed by atoms with E-state index in [0.29, 0.717) is 5.88 Å². The van der Waals surface area contributed by atoms with Crippen LogP contribution in [0.15, 0.2) is 10.6 Å². The fourth-order valence-electron chi connectivity index (χ4n) is 1.12. The highest BCUT2D eigenvalue weighted by atomic mass is 16.5. The lowest BCUT2D eigenvalue weighted by Gasteiger charge is -2.12. The molecule has 0 fully saturated rings. The Morgan fingerprint density at radius 2 is 2.19 bits per heavy atom. The standard InChI is InChI=1S/C12H20N2O2/c1-6-8(2)11(15)13-10-7-9(14-16-10)12(3,4)5/h7-8H,6H2,1-5H3,(H,13,15). The second-order valence-corrected chi connectivity index (χ2v) is 5.12. The molecule has 0 aliphatic carbocycles. The first kappa shape index (κ1) is 12.7. The molecule has 0 radical (unpaired) electrons. The summed E-state index contributed by atoms with van der Waals surface area (Å²) in [5, 5.41) is 6.65. The van der Waals surface area contributed by atoms with Crippen LogP contribution in [-0.4, -0.2) is 11.1 Å². The van der Waals surface area contributed by atoms with E-state index in [1.165, 1.54) is 0 Å². The second kappa shape index (κ2) is 4.68. The summed E-state index contributed by atoms with van der Waals surface area (Å²) in [5.41, 5.74) is 0.773. The molecular weight excluding hydrogens is 204 g/mol. The Morgan fingerprint density at radius 1 is 1.56 bits per heavy atom. The van der Waals surface area contributed by atoms with Crippen LogP contribution in [0.4, 0.5) is 5.88 Å². The maximum atomic E-state index is 11.6. The Labute approximate surface area is 96.4 Å². The lowest BCUT2D eigenvalue weighted by atomic mass is 9.92. The van der Waals surface area contributed by atoms with Crippen LogP contribution in [0.3, 0.4) is 0 Å². The molecule has 0 aliphatic rings. The van der Waals surface area contributed by atoms with Gasteiger partial charge in [0.1, 0.15) is 0 Å². The first-order chi connectivity index (χ1) is 7.34. The van der Waals surface area contributed by atoms with Gasteiger partial charge in [0.05, 0.1) is 5.69 Å². The number of nitrogens with zero attached hydrogens (tertiary/aromatic N) is 1. The van der Waals surface area contributed by atoms with Crippen molar-refractivity contribution >= 4 is 11.8 Å². The average molecular weight is 224 g/mol. The molecule has 0 spiro atoms. The molecule has 0 aliphatic heterocycles. The van der Waals surface area contributed by atoms with E-state index in [2.05, 4.69) is 10.5 Å². The van der Waals surface area contributed by atoms with Gasteiger partial charge in [0, 0.05) is 17.4 Å². The van der Waals surface area contributed by atoms with Gasteiger partial charge in [-0.15, -0.1) is 0 Å². The van der Waals surface area contributed by atoms with Gasteiger partial charge in [-0.3, -0.25) is 10.1 Å². The van der Waals surface area contributed by atoms with Crippen LogP contribution in [0.5, 0.6) is 0 Å². The second-order valence-electron chi connectivity index (χ2n) is 5.12. The summed E-state index contributed by atoms with van der Waals surface area (Å²) in [7, 11) is 0. The molecule has 1 atom stereocenters. The van der Waals surface area contributed by atoms with Crippen LogP contribution < -0.4 is 5.32 Å². The van der Waals surface area contributed by atoms with Crippen LogP contribution in [0.1, 0.15) is 46.7 Å². The topological polar surface area (TPSA) is 55.1 Å². The first-order valence-corrected chi connectivity index (χ1v) is 5.62. The Hall–Kier alpha value is -1.32. The molecular formula is C12H20N2O2. The summed E-state index contributed by atoms with van der Waals surface area (Å²) < 4.78 is 5.07. The van der Waals surface area contributed by atoms with Gasteiger partial charge in [-0.05, 0) is 6.42 Å². The number of hydrogen-bond acceptors (Lipinski definition) is 3. The average Bonchev–Trinajstić information content (AvgIpc) is 2.64. The van der Waals surface area contributed by atoms with Crippen LogP contribution >= 0.6 is 0 Å². The fraction of sp³-hybridized carbons (Fsp3) is 0.667. The van der Waals surface area contributed by atoms with Gasteiger partial charge in [-0.2, -0.15) is 0 Å². The molecule has 16 heavy (non-hydrogen) atoms. The molecule has 1 aromatic heterocycles. The predicted molar refractivity (Wildman–Crippen MR) is 63.3 cm³/mol. The lowest BCUT2D eigenvalue weighted by molar-refractivity contribution is -0.119. The number of carbonyl (C=O) groups is 1. The van der Waals surface area contributed by atoms with Crippen molar-refractivity contribution in [3.63, 3.8) is 0 Å². The lowest BCUT2D eigenvalue weighted by Crippen LogP contribution is -2.19. The van der Waals surface area contributed by atoms with Gasteiger partial charge in [-0.25, -0.2) is 0 Å². The Morgan fingerprint density at radius 3 is 2.62 bits per heavy atom. The van der Waals surface area contributed by atoms with Crippen molar-refractivity contribution in [3.05, 3.63) is 11.8 Å². The monoisotopic (exact) mass is 224 g/mol. The van der Waals surface area contributed by atoms with Crippen molar-refractivity contribution in [2.75, 3.05) is 5.32 Å². The highest BCUT2D eigenvalue weighted by Gasteiger charge is 2.20. The van der Waals surface area contributed by atoms with E-state index in [1.54, 1.807) is 6.07 Å². The number of aromatic nitrogens is 1. The van der Waals surface area contributed by atoms with Crippen LogP contribution in [-0.2, 0) is 10.2 Å². The van der Waals surface area contributed by atoms with Crippen molar-refractivity contribution in [1.82, 2.24) is 5.16 Å². The predicted octanol–water partition coefficient (Wildman–Crippen LogP) is 2.96. The van der Waals surface area contributed by atoms with Crippen molar-refractivity contribution in [2.45, 2.75) is 46.5 Å². The molecule has 4 nitrogen and oxygen atoms in total. The summed E-state index contributed by atoms with van der Waals surface area (Å²) in [6.07, 6.45) is 0.812.